The molecule has 9 aromatic rings. The van der Waals surface area contributed by atoms with Crippen LogP contribution in [0.3, 0.4) is 0 Å². The van der Waals surface area contributed by atoms with Crippen molar-refractivity contribution in [3.8, 4) is 73.3 Å². The lowest BCUT2D eigenvalue weighted by Gasteiger charge is -2.35. The van der Waals surface area contributed by atoms with Gasteiger partial charge in [0.2, 0.25) is 0 Å². The van der Waals surface area contributed by atoms with Gasteiger partial charge in [-0.3, -0.25) is 0 Å². The molecule has 2 aromatic heterocycles. The molecule has 5 nitrogen and oxygen atoms in total. The summed E-state index contributed by atoms with van der Waals surface area (Å²) in [6.45, 7) is 4.25. The number of benzene rings is 7. The number of rotatable bonds is 5. The van der Waals surface area contributed by atoms with Crippen LogP contribution in [0.1, 0.15) is 19.4 Å². The Labute approximate surface area is 307 Å². The van der Waals surface area contributed by atoms with E-state index < -0.39 is 5.60 Å². The molecule has 10 rings (SSSR count). The fraction of sp³-hybridized carbons (Fsp3) is 0.0625. The molecule has 252 valence electrons. The van der Waals surface area contributed by atoms with Crippen LogP contribution in [-0.2, 0) is 5.60 Å². The second-order valence-corrected chi connectivity index (χ2v) is 13.9. The first kappa shape index (κ1) is 30.9. The summed E-state index contributed by atoms with van der Waals surface area (Å²) in [5.74, 6) is 2.62. The van der Waals surface area contributed by atoms with Gasteiger partial charge in [-0.15, -0.1) is 0 Å². The molecular weight excluding hydrogens is 651 g/mol. The normalized spacial score (nSPS) is 13.0. The zero-order valence-corrected chi connectivity index (χ0v) is 29.2. The van der Waals surface area contributed by atoms with E-state index >= 15 is 0 Å². The lowest BCUT2D eigenvalue weighted by atomic mass is 9.83. The summed E-state index contributed by atoms with van der Waals surface area (Å²) >= 11 is 0. The number of para-hydroxylation sites is 2. The van der Waals surface area contributed by atoms with Gasteiger partial charge in [0, 0.05) is 33.0 Å². The third kappa shape index (κ3) is 5.28. The summed E-state index contributed by atoms with van der Waals surface area (Å²) in [7, 11) is 0. The van der Waals surface area contributed by atoms with Gasteiger partial charge >= 0.3 is 0 Å². The Balaban J connectivity index is 1.10. The molecule has 1 aliphatic rings. The van der Waals surface area contributed by atoms with Gasteiger partial charge in [0.15, 0.2) is 17.5 Å². The monoisotopic (exact) mass is 683 g/mol. The highest BCUT2D eigenvalue weighted by molar-refractivity contribution is 6.09. The number of fused-ring (bicyclic) bond motifs is 6. The van der Waals surface area contributed by atoms with Gasteiger partial charge in [0.1, 0.15) is 22.5 Å². The molecule has 0 spiro atoms. The van der Waals surface area contributed by atoms with Gasteiger partial charge in [-0.2, -0.15) is 0 Å². The van der Waals surface area contributed by atoms with E-state index in [1.54, 1.807) is 0 Å². The number of ether oxygens (including phenoxy) is 1. The lowest BCUT2D eigenvalue weighted by Crippen LogP contribution is -2.29. The van der Waals surface area contributed by atoms with Crippen LogP contribution in [0.2, 0.25) is 0 Å². The largest absolute Gasteiger partial charge is 0.482 e. The minimum Gasteiger partial charge on any atom is -0.482 e. The van der Waals surface area contributed by atoms with E-state index in [1.165, 1.54) is 11.1 Å². The van der Waals surface area contributed by atoms with E-state index in [-0.39, 0.29) is 0 Å². The van der Waals surface area contributed by atoms with Crippen molar-refractivity contribution in [2.24, 2.45) is 0 Å². The predicted molar refractivity (Wildman–Crippen MR) is 213 cm³/mol. The van der Waals surface area contributed by atoms with Gasteiger partial charge in [0.25, 0.3) is 0 Å². The summed E-state index contributed by atoms with van der Waals surface area (Å²) in [5, 5.41) is 2.09. The average Bonchev–Trinajstić information content (AvgIpc) is 3.60. The topological polar surface area (TPSA) is 61.0 Å². The van der Waals surface area contributed by atoms with Crippen LogP contribution in [0, 0.1) is 0 Å². The van der Waals surface area contributed by atoms with Crippen LogP contribution in [0.15, 0.2) is 168 Å². The average molecular weight is 684 g/mol. The molecule has 0 bridgehead atoms. The van der Waals surface area contributed by atoms with E-state index in [0.717, 1.165) is 72.2 Å². The Morgan fingerprint density at radius 2 is 0.962 bits per heavy atom. The Kier molecular flexibility index (Phi) is 7.08. The van der Waals surface area contributed by atoms with E-state index in [0.29, 0.717) is 17.5 Å². The van der Waals surface area contributed by atoms with Crippen LogP contribution < -0.4 is 4.74 Å². The predicted octanol–water partition coefficient (Wildman–Crippen LogP) is 12.4. The van der Waals surface area contributed by atoms with Crippen molar-refractivity contribution in [1.29, 1.82) is 0 Å². The number of hydrogen-bond donors (Lipinski definition) is 0. The zero-order chi connectivity index (χ0) is 35.5. The zero-order valence-electron chi connectivity index (χ0n) is 29.2. The fourth-order valence-electron chi connectivity index (χ4n) is 7.61. The van der Waals surface area contributed by atoms with Crippen molar-refractivity contribution in [2.75, 3.05) is 0 Å². The highest BCUT2D eigenvalue weighted by Gasteiger charge is 2.33. The Morgan fingerprint density at radius 1 is 0.415 bits per heavy atom. The summed E-state index contributed by atoms with van der Waals surface area (Å²) in [4.78, 5) is 15.2. The summed E-state index contributed by atoms with van der Waals surface area (Å²) in [6, 6.07) is 56.3. The Hall–Kier alpha value is -6.85. The summed E-state index contributed by atoms with van der Waals surface area (Å²) < 4.78 is 13.0. The molecule has 7 aromatic carbocycles. The molecule has 0 amide bonds. The van der Waals surface area contributed by atoms with Gasteiger partial charge in [-0.25, -0.2) is 15.0 Å². The van der Waals surface area contributed by atoms with Crippen molar-refractivity contribution in [3.63, 3.8) is 0 Å². The van der Waals surface area contributed by atoms with E-state index in [1.807, 2.05) is 36.4 Å². The molecule has 0 radical (unpaired) electrons. The smallest absolute Gasteiger partial charge is 0.167 e. The molecule has 0 N–H and O–H groups in total. The molecule has 5 heteroatoms. The molecule has 3 heterocycles. The van der Waals surface area contributed by atoms with Crippen molar-refractivity contribution < 1.29 is 9.15 Å². The van der Waals surface area contributed by atoms with Gasteiger partial charge < -0.3 is 9.15 Å². The standard InChI is InChI=1S/C48H33N3O2/c1-48(2)40-19-8-6-15-38(40)43-35(16-11-21-42(43)53-48)32-24-28-34(29-25-32)46-49-45(33-26-22-31(23-27-33)30-12-4-3-5-13-30)50-47(51-46)39-18-10-17-37-36-14-7-9-20-41(36)52-44(37)39/h3-29H,1-2H3. The maximum absolute atomic E-state index is 6.56. The maximum atomic E-state index is 6.56. The highest BCUT2D eigenvalue weighted by Crippen LogP contribution is 2.49. The first-order chi connectivity index (χ1) is 26.0. The number of nitrogens with zero attached hydrogens (tertiary/aromatic N) is 3. The van der Waals surface area contributed by atoms with Crippen LogP contribution in [-0.4, -0.2) is 15.0 Å². The minimum absolute atomic E-state index is 0.422. The van der Waals surface area contributed by atoms with Crippen LogP contribution in [0.4, 0.5) is 0 Å². The summed E-state index contributed by atoms with van der Waals surface area (Å²) in [5.41, 5.74) is 11.7. The van der Waals surface area contributed by atoms with Crippen LogP contribution >= 0.6 is 0 Å². The first-order valence-electron chi connectivity index (χ1n) is 17.9. The first-order valence-corrected chi connectivity index (χ1v) is 17.9. The Morgan fingerprint density at radius 3 is 1.74 bits per heavy atom. The molecule has 53 heavy (non-hydrogen) atoms. The Bertz CT molecular complexity index is 2820. The molecule has 0 fully saturated rings. The van der Waals surface area contributed by atoms with Crippen LogP contribution in [0.5, 0.6) is 5.75 Å². The number of aromatic nitrogens is 3. The SMILES string of the molecule is CC1(C)Oc2cccc(-c3ccc(-c4nc(-c5ccc(-c6ccccc6)cc5)nc(-c5cccc6c5oc5ccccc56)n4)cc3)c2-c2ccccc21. The summed E-state index contributed by atoms with van der Waals surface area (Å²) in [6.07, 6.45) is 0. The quantitative estimate of drug-likeness (QED) is 0.181. The number of furan rings is 1. The van der Waals surface area contributed by atoms with E-state index in [4.69, 9.17) is 24.1 Å². The molecule has 0 saturated heterocycles. The van der Waals surface area contributed by atoms with Gasteiger partial charge in [0.05, 0.1) is 5.56 Å². The van der Waals surface area contributed by atoms with Crippen molar-refractivity contribution >= 4 is 21.9 Å². The molecular formula is C48H33N3O2. The second-order valence-electron chi connectivity index (χ2n) is 13.9. The van der Waals surface area contributed by atoms with E-state index in [9.17, 15) is 0 Å². The van der Waals surface area contributed by atoms with Crippen molar-refractivity contribution in [1.82, 2.24) is 15.0 Å². The van der Waals surface area contributed by atoms with Gasteiger partial charge in [-0.05, 0) is 59.9 Å². The molecule has 0 atom stereocenters. The van der Waals surface area contributed by atoms with Crippen LogP contribution in [0.25, 0.3) is 89.5 Å². The number of hydrogen-bond acceptors (Lipinski definition) is 5. The van der Waals surface area contributed by atoms with Crippen molar-refractivity contribution in [3.05, 3.63) is 169 Å². The fourth-order valence-corrected chi connectivity index (χ4v) is 7.61. The van der Waals surface area contributed by atoms with E-state index in [2.05, 4.69) is 141 Å². The maximum Gasteiger partial charge on any atom is 0.167 e. The third-order valence-electron chi connectivity index (χ3n) is 10.2. The lowest BCUT2D eigenvalue weighted by molar-refractivity contribution is 0.106. The molecule has 1 aliphatic heterocycles. The molecule has 0 aliphatic carbocycles. The van der Waals surface area contributed by atoms with Gasteiger partial charge in [-0.1, -0.05) is 146 Å². The molecule has 0 unspecified atom stereocenters. The minimum atomic E-state index is -0.422. The second kappa shape index (κ2) is 12.1. The third-order valence-corrected chi connectivity index (χ3v) is 10.2. The highest BCUT2D eigenvalue weighted by atomic mass is 16.5. The van der Waals surface area contributed by atoms with Crippen molar-refractivity contribution in [2.45, 2.75) is 19.4 Å². The molecule has 0 saturated carbocycles.